The van der Waals surface area contributed by atoms with Gasteiger partial charge in [0.25, 0.3) is 0 Å². The smallest absolute Gasteiger partial charge is 0.0462 e. The molecule has 0 saturated carbocycles. The second kappa shape index (κ2) is 8.14. The molecule has 0 aliphatic heterocycles. The fourth-order valence-electron chi connectivity index (χ4n) is 3.65. The number of anilines is 3. The fraction of sp³-hybridized carbons (Fsp3) is 0.111. The van der Waals surface area contributed by atoms with Gasteiger partial charge in [0, 0.05) is 17.1 Å². The zero-order valence-electron chi connectivity index (χ0n) is 16.4. The Bertz CT molecular complexity index is 979. The van der Waals surface area contributed by atoms with Crippen molar-refractivity contribution in [2.75, 3.05) is 4.90 Å². The number of rotatable bonds is 5. The summed E-state index contributed by atoms with van der Waals surface area (Å²) in [5.74, 6) is 0.501. The van der Waals surface area contributed by atoms with Gasteiger partial charge in [0.05, 0.1) is 0 Å². The summed E-state index contributed by atoms with van der Waals surface area (Å²) in [6.07, 6.45) is 0. The van der Waals surface area contributed by atoms with Crippen molar-refractivity contribution < 1.29 is 0 Å². The molecule has 0 N–H and O–H groups in total. The van der Waals surface area contributed by atoms with Crippen LogP contribution in [0, 0.1) is 0 Å². The zero-order chi connectivity index (χ0) is 19.3. The maximum atomic E-state index is 2.29. The van der Waals surface area contributed by atoms with Crippen molar-refractivity contribution >= 4 is 17.1 Å². The Kier molecular flexibility index (Phi) is 5.25. The molecular formula is C27H25N. The monoisotopic (exact) mass is 363 g/mol. The minimum atomic E-state index is 0.501. The molecule has 0 radical (unpaired) electrons. The topological polar surface area (TPSA) is 3.24 Å². The van der Waals surface area contributed by atoms with Crippen molar-refractivity contribution in [3.05, 3.63) is 115 Å². The van der Waals surface area contributed by atoms with E-state index in [0.29, 0.717) is 5.92 Å². The first-order chi connectivity index (χ1) is 13.7. The Labute approximate surface area is 167 Å². The van der Waals surface area contributed by atoms with Crippen molar-refractivity contribution in [2.24, 2.45) is 0 Å². The highest BCUT2D eigenvalue weighted by atomic mass is 15.1. The van der Waals surface area contributed by atoms with Crippen molar-refractivity contribution in [1.82, 2.24) is 0 Å². The second-order valence-corrected chi connectivity index (χ2v) is 7.30. The normalized spacial score (nSPS) is 10.8. The van der Waals surface area contributed by atoms with Crippen molar-refractivity contribution in [2.45, 2.75) is 19.8 Å². The van der Waals surface area contributed by atoms with Gasteiger partial charge in [0.1, 0.15) is 0 Å². The van der Waals surface area contributed by atoms with Crippen molar-refractivity contribution in [3.63, 3.8) is 0 Å². The summed E-state index contributed by atoms with van der Waals surface area (Å²) in [6.45, 7) is 4.50. The lowest BCUT2D eigenvalue weighted by atomic mass is 9.92. The summed E-state index contributed by atoms with van der Waals surface area (Å²) in [7, 11) is 0. The Balaban J connectivity index is 1.76. The van der Waals surface area contributed by atoms with Crippen LogP contribution in [-0.4, -0.2) is 0 Å². The maximum Gasteiger partial charge on any atom is 0.0462 e. The van der Waals surface area contributed by atoms with Gasteiger partial charge in [-0.3, -0.25) is 0 Å². The highest BCUT2D eigenvalue weighted by molar-refractivity contribution is 5.78. The molecule has 0 atom stereocenters. The van der Waals surface area contributed by atoms with E-state index in [2.05, 4.69) is 128 Å². The molecule has 0 bridgehead atoms. The van der Waals surface area contributed by atoms with Crippen LogP contribution >= 0.6 is 0 Å². The number of benzene rings is 4. The summed E-state index contributed by atoms with van der Waals surface area (Å²) in [5.41, 5.74) is 7.43. The Morgan fingerprint density at radius 2 is 0.964 bits per heavy atom. The van der Waals surface area contributed by atoms with Crippen LogP contribution in [0.1, 0.15) is 25.3 Å². The van der Waals surface area contributed by atoms with E-state index < -0.39 is 0 Å². The predicted molar refractivity (Wildman–Crippen MR) is 121 cm³/mol. The summed E-state index contributed by atoms with van der Waals surface area (Å²) in [4.78, 5) is 2.29. The van der Waals surface area contributed by atoms with E-state index in [9.17, 15) is 0 Å². The molecular weight excluding hydrogens is 338 g/mol. The van der Waals surface area contributed by atoms with Crippen LogP contribution in [-0.2, 0) is 0 Å². The molecule has 0 fully saturated rings. The van der Waals surface area contributed by atoms with Gasteiger partial charge in [-0.15, -0.1) is 0 Å². The van der Waals surface area contributed by atoms with Gasteiger partial charge in [-0.1, -0.05) is 86.6 Å². The Morgan fingerprint density at radius 3 is 1.50 bits per heavy atom. The van der Waals surface area contributed by atoms with Crippen LogP contribution in [0.4, 0.5) is 17.1 Å². The van der Waals surface area contributed by atoms with Gasteiger partial charge in [-0.05, 0) is 59.0 Å². The third-order valence-electron chi connectivity index (χ3n) is 5.05. The first kappa shape index (κ1) is 18.1. The molecule has 0 saturated heterocycles. The summed E-state index contributed by atoms with van der Waals surface area (Å²) >= 11 is 0. The third kappa shape index (κ3) is 3.70. The molecule has 0 heterocycles. The van der Waals surface area contributed by atoms with Crippen LogP contribution in [0.5, 0.6) is 0 Å². The van der Waals surface area contributed by atoms with E-state index in [1.165, 1.54) is 16.7 Å². The van der Waals surface area contributed by atoms with E-state index in [1.54, 1.807) is 0 Å². The molecule has 4 aromatic rings. The van der Waals surface area contributed by atoms with Gasteiger partial charge in [0.15, 0.2) is 0 Å². The van der Waals surface area contributed by atoms with E-state index in [4.69, 9.17) is 0 Å². The predicted octanol–water partition coefficient (Wildman–Crippen LogP) is 7.95. The molecule has 0 aliphatic carbocycles. The maximum absolute atomic E-state index is 2.29. The minimum absolute atomic E-state index is 0.501. The molecule has 138 valence electrons. The van der Waals surface area contributed by atoms with E-state index >= 15 is 0 Å². The first-order valence-corrected chi connectivity index (χ1v) is 9.83. The van der Waals surface area contributed by atoms with Gasteiger partial charge in [-0.25, -0.2) is 0 Å². The average Bonchev–Trinajstić information content (AvgIpc) is 2.76. The lowest BCUT2D eigenvalue weighted by Crippen LogP contribution is -2.09. The van der Waals surface area contributed by atoms with Gasteiger partial charge in [0.2, 0.25) is 0 Å². The summed E-state index contributed by atoms with van der Waals surface area (Å²) < 4.78 is 0. The zero-order valence-corrected chi connectivity index (χ0v) is 16.4. The molecule has 28 heavy (non-hydrogen) atoms. The highest BCUT2D eigenvalue weighted by Crippen LogP contribution is 2.36. The average molecular weight is 364 g/mol. The number of hydrogen-bond donors (Lipinski definition) is 0. The molecule has 4 rings (SSSR count). The van der Waals surface area contributed by atoms with E-state index in [-0.39, 0.29) is 0 Å². The van der Waals surface area contributed by atoms with E-state index in [0.717, 1.165) is 17.1 Å². The van der Waals surface area contributed by atoms with Gasteiger partial charge < -0.3 is 4.90 Å². The molecule has 0 aromatic heterocycles. The van der Waals surface area contributed by atoms with E-state index in [1.807, 2.05) is 0 Å². The first-order valence-electron chi connectivity index (χ1n) is 9.83. The molecule has 1 nitrogen and oxygen atoms in total. The second-order valence-electron chi connectivity index (χ2n) is 7.30. The number of hydrogen-bond acceptors (Lipinski definition) is 1. The van der Waals surface area contributed by atoms with Crippen LogP contribution in [0.15, 0.2) is 109 Å². The quantitative estimate of drug-likeness (QED) is 0.348. The standard InChI is InChI=1S/C27H25N/c1-21(2)26-15-9-10-16-27(26)22-17-19-25(20-18-22)28(23-11-5-3-6-12-23)24-13-7-4-8-14-24/h3-21H,1-2H3. The number of nitrogens with zero attached hydrogens (tertiary/aromatic N) is 1. The molecule has 0 aliphatic rings. The Hall–Kier alpha value is -3.32. The molecule has 0 spiro atoms. The molecule has 0 amide bonds. The van der Waals surface area contributed by atoms with Crippen molar-refractivity contribution in [3.8, 4) is 11.1 Å². The number of para-hydroxylation sites is 2. The highest BCUT2D eigenvalue weighted by Gasteiger charge is 2.13. The fourth-order valence-corrected chi connectivity index (χ4v) is 3.65. The molecule has 4 aromatic carbocycles. The van der Waals surface area contributed by atoms with Crippen LogP contribution < -0.4 is 4.90 Å². The van der Waals surface area contributed by atoms with Crippen LogP contribution in [0.3, 0.4) is 0 Å². The van der Waals surface area contributed by atoms with Crippen LogP contribution in [0.2, 0.25) is 0 Å². The lowest BCUT2D eigenvalue weighted by molar-refractivity contribution is 0.869. The molecule has 0 unspecified atom stereocenters. The summed E-state index contributed by atoms with van der Waals surface area (Å²) in [6, 6.07) is 38.6. The summed E-state index contributed by atoms with van der Waals surface area (Å²) in [5, 5.41) is 0. The van der Waals surface area contributed by atoms with Gasteiger partial charge >= 0.3 is 0 Å². The molecule has 1 heteroatoms. The lowest BCUT2D eigenvalue weighted by Gasteiger charge is -2.25. The minimum Gasteiger partial charge on any atom is -0.311 e. The van der Waals surface area contributed by atoms with Gasteiger partial charge in [-0.2, -0.15) is 0 Å². The Morgan fingerprint density at radius 1 is 0.500 bits per heavy atom. The van der Waals surface area contributed by atoms with Crippen LogP contribution in [0.25, 0.3) is 11.1 Å². The van der Waals surface area contributed by atoms with Crippen molar-refractivity contribution in [1.29, 1.82) is 0 Å². The SMILES string of the molecule is CC(C)c1ccccc1-c1ccc(N(c2ccccc2)c2ccccc2)cc1. The third-order valence-corrected chi connectivity index (χ3v) is 5.05. The largest absolute Gasteiger partial charge is 0.311 e.